The average molecular weight is 241 g/mol. The summed E-state index contributed by atoms with van der Waals surface area (Å²) in [5.74, 6) is 0. The number of ether oxygens (including phenoxy) is 1. The number of morpholine rings is 1. The summed E-state index contributed by atoms with van der Waals surface area (Å²) in [7, 11) is 2.25. The zero-order chi connectivity index (χ0) is 12.1. The van der Waals surface area contributed by atoms with Crippen LogP contribution in [0.15, 0.2) is 0 Å². The fourth-order valence-corrected chi connectivity index (χ4v) is 2.87. The standard InChI is InChI=1S/C13H27N3O/c1-13(3-4-14-11-13)12-15(2)5-6-16-7-9-17-10-8-16/h14H,3-12H2,1-2H3. The van der Waals surface area contributed by atoms with E-state index in [2.05, 4.69) is 29.1 Å². The molecule has 1 N–H and O–H groups in total. The zero-order valence-corrected chi connectivity index (χ0v) is 11.4. The Morgan fingerprint density at radius 1 is 1.35 bits per heavy atom. The maximum absolute atomic E-state index is 5.37. The summed E-state index contributed by atoms with van der Waals surface area (Å²) in [5, 5.41) is 3.47. The lowest BCUT2D eigenvalue weighted by atomic mass is 9.89. The first-order valence-electron chi connectivity index (χ1n) is 6.87. The molecule has 0 aromatic rings. The van der Waals surface area contributed by atoms with E-state index in [-0.39, 0.29) is 0 Å². The fraction of sp³-hybridized carbons (Fsp3) is 1.00. The first-order chi connectivity index (χ1) is 8.18. The molecule has 17 heavy (non-hydrogen) atoms. The topological polar surface area (TPSA) is 27.7 Å². The maximum Gasteiger partial charge on any atom is 0.0594 e. The maximum atomic E-state index is 5.37. The zero-order valence-electron chi connectivity index (χ0n) is 11.4. The van der Waals surface area contributed by atoms with Crippen molar-refractivity contribution in [1.29, 1.82) is 0 Å². The van der Waals surface area contributed by atoms with Crippen LogP contribution in [0.2, 0.25) is 0 Å². The second kappa shape index (κ2) is 6.14. The molecule has 2 heterocycles. The largest absolute Gasteiger partial charge is 0.379 e. The van der Waals surface area contributed by atoms with Gasteiger partial charge < -0.3 is 15.0 Å². The van der Waals surface area contributed by atoms with Crippen LogP contribution in [-0.2, 0) is 4.74 Å². The third-order valence-corrected chi connectivity index (χ3v) is 4.01. The van der Waals surface area contributed by atoms with Crippen molar-refractivity contribution in [3.63, 3.8) is 0 Å². The van der Waals surface area contributed by atoms with Crippen molar-refractivity contribution in [1.82, 2.24) is 15.1 Å². The summed E-state index contributed by atoms with van der Waals surface area (Å²) in [6.07, 6.45) is 1.31. The molecular weight excluding hydrogens is 214 g/mol. The van der Waals surface area contributed by atoms with Gasteiger partial charge >= 0.3 is 0 Å². The molecule has 2 aliphatic heterocycles. The summed E-state index contributed by atoms with van der Waals surface area (Å²) < 4.78 is 5.37. The Balaban J connectivity index is 1.64. The van der Waals surface area contributed by atoms with Gasteiger partial charge in [-0.05, 0) is 25.4 Å². The molecule has 0 aliphatic carbocycles. The summed E-state index contributed by atoms with van der Waals surface area (Å²) in [6, 6.07) is 0. The molecule has 1 unspecified atom stereocenters. The Bertz CT molecular complexity index is 223. The second-order valence-electron chi connectivity index (χ2n) is 5.93. The molecule has 2 aliphatic rings. The Morgan fingerprint density at radius 3 is 2.76 bits per heavy atom. The molecule has 1 atom stereocenters. The average Bonchev–Trinajstić information content (AvgIpc) is 2.74. The van der Waals surface area contributed by atoms with Gasteiger partial charge in [0.15, 0.2) is 0 Å². The lowest BCUT2D eigenvalue weighted by Crippen LogP contribution is -2.43. The van der Waals surface area contributed by atoms with E-state index in [4.69, 9.17) is 4.74 Å². The highest BCUT2D eigenvalue weighted by atomic mass is 16.5. The van der Waals surface area contributed by atoms with Gasteiger partial charge in [0.05, 0.1) is 13.2 Å². The fourth-order valence-electron chi connectivity index (χ4n) is 2.87. The van der Waals surface area contributed by atoms with Crippen LogP contribution in [-0.4, -0.2) is 75.9 Å². The predicted octanol–water partition coefficient (Wildman–Crippen LogP) is 0.250. The van der Waals surface area contributed by atoms with E-state index in [0.29, 0.717) is 5.41 Å². The minimum atomic E-state index is 0.486. The monoisotopic (exact) mass is 241 g/mol. The van der Waals surface area contributed by atoms with Crippen LogP contribution in [0.25, 0.3) is 0 Å². The van der Waals surface area contributed by atoms with Crippen LogP contribution < -0.4 is 5.32 Å². The number of hydrogen-bond acceptors (Lipinski definition) is 4. The lowest BCUT2D eigenvalue weighted by Gasteiger charge is -2.32. The van der Waals surface area contributed by atoms with Crippen molar-refractivity contribution in [3.8, 4) is 0 Å². The molecule has 0 spiro atoms. The molecule has 0 aromatic heterocycles. The molecule has 4 heteroatoms. The predicted molar refractivity (Wildman–Crippen MR) is 70.3 cm³/mol. The number of nitrogens with zero attached hydrogens (tertiary/aromatic N) is 2. The van der Waals surface area contributed by atoms with E-state index >= 15 is 0 Å². The highest BCUT2D eigenvalue weighted by molar-refractivity contribution is 4.86. The van der Waals surface area contributed by atoms with E-state index < -0.39 is 0 Å². The van der Waals surface area contributed by atoms with Crippen molar-refractivity contribution in [2.45, 2.75) is 13.3 Å². The van der Waals surface area contributed by atoms with Crippen LogP contribution >= 0.6 is 0 Å². The Morgan fingerprint density at radius 2 is 2.12 bits per heavy atom. The van der Waals surface area contributed by atoms with Crippen molar-refractivity contribution in [2.75, 3.05) is 66.1 Å². The normalized spacial score (nSPS) is 31.2. The van der Waals surface area contributed by atoms with E-state index in [1.54, 1.807) is 0 Å². The third kappa shape index (κ3) is 4.21. The molecule has 100 valence electrons. The van der Waals surface area contributed by atoms with E-state index in [0.717, 1.165) is 26.3 Å². The van der Waals surface area contributed by atoms with E-state index in [1.165, 1.54) is 39.1 Å². The van der Waals surface area contributed by atoms with Crippen LogP contribution in [0.4, 0.5) is 0 Å². The highest BCUT2D eigenvalue weighted by Crippen LogP contribution is 2.24. The number of hydrogen-bond donors (Lipinski definition) is 1. The minimum absolute atomic E-state index is 0.486. The highest BCUT2D eigenvalue weighted by Gasteiger charge is 2.29. The second-order valence-corrected chi connectivity index (χ2v) is 5.93. The quantitative estimate of drug-likeness (QED) is 0.747. The van der Waals surface area contributed by atoms with Gasteiger partial charge in [-0.1, -0.05) is 6.92 Å². The van der Waals surface area contributed by atoms with E-state index in [9.17, 15) is 0 Å². The van der Waals surface area contributed by atoms with Crippen molar-refractivity contribution in [2.24, 2.45) is 5.41 Å². The number of nitrogens with one attached hydrogen (secondary N) is 1. The summed E-state index contributed by atoms with van der Waals surface area (Å²) in [4.78, 5) is 5.00. The van der Waals surface area contributed by atoms with Gasteiger partial charge in [0.25, 0.3) is 0 Å². The molecule has 0 radical (unpaired) electrons. The van der Waals surface area contributed by atoms with Gasteiger partial charge in [-0.2, -0.15) is 0 Å². The molecule has 0 aromatic carbocycles. The van der Waals surface area contributed by atoms with E-state index in [1.807, 2.05) is 0 Å². The first-order valence-corrected chi connectivity index (χ1v) is 6.87. The lowest BCUT2D eigenvalue weighted by molar-refractivity contribution is 0.0330. The molecule has 2 fully saturated rings. The minimum Gasteiger partial charge on any atom is -0.379 e. The summed E-state index contributed by atoms with van der Waals surface area (Å²) in [6.45, 7) is 12.4. The van der Waals surface area contributed by atoms with Crippen LogP contribution in [0.3, 0.4) is 0 Å². The summed E-state index contributed by atoms with van der Waals surface area (Å²) >= 11 is 0. The molecule has 2 rings (SSSR count). The van der Waals surface area contributed by atoms with Crippen LogP contribution in [0, 0.1) is 5.41 Å². The van der Waals surface area contributed by atoms with Crippen molar-refractivity contribution < 1.29 is 4.74 Å². The number of likely N-dealkylation sites (N-methyl/N-ethyl adjacent to an activating group) is 1. The molecular formula is C13H27N3O. The van der Waals surface area contributed by atoms with Gasteiger partial charge in [-0.25, -0.2) is 0 Å². The SMILES string of the molecule is CN(CCN1CCOCC1)CC1(C)CCNC1. The Hall–Kier alpha value is -0.160. The first kappa shape index (κ1) is 13.3. The van der Waals surface area contributed by atoms with Crippen molar-refractivity contribution >= 4 is 0 Å². The molecule has 0 bridgehead atoms. The molecule has 0 amide bonds. The number of rotatable bonds is 5. The van der Waals surface area contributed by atoms with Gasteiger partial charge in [0.1, 0.15) is 0 Å². The van der Waals surface area contributed by atoms with Crippen LogP contribution in [0.5, 0.6) is 0 Å². The van der Waals surface area contributed by atoms with Gasteiger partial charge in [-0.3, -0.25) is 4.90 Å². The smallest absolute Gasteiger partial charge is 0.0594 e. The molecule has 4 nitrogen and oxygen atoms in total. The van der Waals surface area contributed by atoms with Gasteiger partial charge in [0, 0.05) is 39.3 Å². The van der Waals surface area contributed by atoms with Crippen molar-refractivity contribution in [3.05, 3.63) is 0 Å². The Kier molecular flexibility index (Phi) is 4.79. The van der Waals surface area contributed by atoms with Gasteiger partial charge in [0.2, 0.25) is 0 Å². The van der Waals surface area contributed by atoms with Crippen LogP contribution in [0.1, 0.15) is 13.3 Å². The molecule has 0 saturated carbocycles. The van der Waals surface area contributed by atoms with Gasteiger partial charge in [-0.15, -0.1) is 0 Å². The third-order valence-electron chi connectivity index (χ3n) is 4.01. The Labute approximate surface area is 105 Å². The summed E-state index contributed by atoms with van der Waals surface area (Å²) in [5.41, 5.74) is 0.486. The molecule has 2 saturated heterocycles.